The first kappa shape index (κ1) is 16.7. The normalized spacial score (nSPS) is 28.6. The molecule has 5 heterocycles. The average Bonchev–Trinajstić information content (AvgIpc) is 3.13. The lowest BCUT2D eigenvalue weighted by molar-refractivity contribution is 0.0440. The zero-order valence-corrected chi connectivity index (χ0v) is 15.8. The van der Waals surface area contributed by atoms with Crippen LogP contribution in [0.4, 0.5) is 5.69 Å². The van der Waals surface area contributed by atoms with Gasteiger partial charge in [-0.1, -0.05) is 0 Å². The molecular weight excluding hydrogens is 346 g/mol. The molecule has 4 saturated heterocycles. The van der Waals surface area contributed by atoms with Crippen molar-refractivity contribution >= 4 is 33.1 Å². The average molecular weight is 372 g/mol. The van der Waals surface area contributed by atoms with Gasteiger partial charge >= 0.3 is 0 Å². The van der Waals surface area contributed by atoms with Gasteiger partial charge in [-0.25, -0.2) is 0 Å². The number of carbonyl (C=O) groups is 1. The van der Waals surface area contributed by atoms with E-state index in [2.05, 4.69) is 32.4 Å². The number of Topliss-reactive ketones (excluding diaryl/α,β-unsaturated/α-hetero) is 1. The van der Waals surface area contributed by atoms with Crippen LogP contribution in [0.15, 0.2) is 18.2 Å². The van der Waals surface area contributed by atoms with Crippen LogP contribution in [0.2, 0.25) is 0 Å². The number of carbonyl (C=O) groups excluding carboxylic acids is 1. The Morgan fingerprint density at radius 3 is 2.73 bits per heavy atom. The predicted molar refractivity (Wildman–Crippen MR) is 104 cm³/mol. The van der Waals surface area contributed by atoms with Gasteiger partial charge in [0, 0.05) is 37.1 Å². The van der Waals surface area contributed by atoms with E-state index in [0.717, 1.165) is 48.9 Å². The summed E-state index contributed by atoms with van der Waals surface area (Å²) in [6, 6.07) is 6.41. The Morgan fingerprint density at radius 2 is 2.00 bits per heavy atom. The van der Waals surface area contributed by atoms with Crippen molar-refractivity contribution in [3.63, 3.8) is 0 Å². The molecule has 5 nitrogen and oxygen atoms in total. The first-order chi connectivity index (χ1) is 12.8. The number of morpholine rings is 1. The van der Waals surface area contributed by atoms with Crippen molar-refractivity contribution in [2.75, 3.05) is 50.8 Å². The third kappa shape index (κ3) is 3.04. The van der Waals surface area contributed by atoms with E-state index in [1.165, 1.54) is 43.2 Å². The smallest absolute Gasteiger partial charge is 0.183 e. The lowest BCUT2D eigenvalue weighted by atomic mass is 9.76. The minimum absolute atomic E-state index is 0.231. The van der Waals surface area contributed by atoms with Gasteiger partial charge in [0.05, 0.1) is 17.9 Å². The molecule has 26 heavy (non-hydrogen) atoms. The Labute approximate surface area is 158 Å². The number of fused-ring (bicyclic) bond motifs is 4. The molecule has 138 valence electrons. The molecule has 0 aliphatic carbocycles. The number of hydrogen-bond donors (Lipinski definition) is 0. The zero-order valence-electron chi connectivity index (χ0n) is 15.0. The van der Waals surface area contributed by atoms with Gasteiger partial charge in [-0.05, 0) is 67.5 Å². The molecule has 0 radical (unpaired) electrons. The van der Waals surface area contributed by atoms with Gasteiger partial charge in [-0.3, -0.25) is 4.79 Å². The molecule has 0 N–H and O–H groups in total. The second-order valence-electron chi connectivity index (χ2n) is 7.84. The molecule has 0 saturated carbocycles. The maximum atomic E-state index is 12.9. The first-order valence-electron chi connectivity index (χ1n) is 9.75. The summed E-state index contributed by atoms with van der Waals surface area (Å²) >= 11 is 1.46. The minimum Gasteiger partial charge on any atom is -0.378 e. The number of rotatable bonds is 4. The summed E-state index contributed by atoms with van der Waals surface area (Å²) in [5, 5.41) is 1.03. The number of piperidine rings is 3. The van der Waals surface area contributed by atoms with Crippen LogP contribution in [0.25, 0.3) is 10.1 Å². The van der Waals surface area contributed by atoms with Gasteiger partial charge in [0.2, 0.25) is 0 Å². The van der Waals surface area contributed by atoms with Crippen molar-refractivity contribution in [1.82, 2.24) is 9.27 Å². The van der Waals surface area contributed by atoms with E-state index in [1.807, 2.05) is 0 Å². The number of aromatic nitrogens is 1. The summed E-state index contributed by atoms with van der Waals surface area (Å²) in [7, 11) is 0. The standard InChI is InChI=1S/C20H25N3O2S/c24-18(11-15-13-22-5-3-14(15)4-6-22)20-17-2-1-16(12-19(17)26-21-20)23-7-9-25-10-8-23/h1-2,12,14-15H,3-11,13H2/t15-/m0/s1. The topological polar surface area (TPSA) is 45.7 Å². The molecule has 0 spiro atoms. The van der Waals surface area contributed by atoms with Crippen molar-refractivity contribution in [2.24, 2.45) is 11.8 Å². The summed E-state index contributed by atoms with van der Waals surface area (Å²) in [5.41, 5.74) is 1.90. The number of nitrogens with zero attached hydrogens (tertiary/aromatic N) is 3. The Kier molecular flexibility index (Phi) is 4.43. The molecule has 1 atom stereocenters. The lowest BCUT2D eigenvalue weighted by Gasteiger charge is -2.44. The molecule has 4 aliphatic rings. The molecule has 1 aromatic heterocycles. The van der Waals surface area contributed by atoms with Crippen LogP contribution in [0.5, 0.6) is 0 Å². The van der Waals surface area contributed by atoms with Crippen LogP contribution in [0.3, 0.4) is 0 Å². The monoisotopic (exact) mass is 371 g/mol. The largest absolute Gasteiger partial charge is 0.378 e. The van der Waals surface area contributed by atoms with Crippen LogP contribution >= 0.6 is 11.5 Å². The van der Waals surface area contributed by atoms with E-state index >= 15 is 0 Å². The van der Waals surface area contributed by atoms with Crippen LogP contribution in [-0.2, 0) is 4.74 Å². The summed E-state index contributed by atoms with van der Waals surface area (Å²) in [6.07, 6.45) is 3.18. The fraction of sp³-hybridized carbons (Fsp3) is 0.600. The molecule has 0 amide bonds. The van der Waals surface area contributed by atoms with Crippen molar-refractivity contribution < 1.29 is 9.53 Å². The summed E-state index contributed by atoms with van der Waals surface area (Å²) < 4.78 is 11.1. The lowest BCUT2D eigenvalue weighted by Crippen LogP contribution is -2.47. The molecule has 2 aromatic rings. The summed E-state index contributed by atoms with van der Waals surface area (Å²) in [5.74, 6) is 1.49. The molecule has 6 heteroatoms. The van der Waals surface area contributed by atoms with Gasteiger partial charge < -0.3 is 14.5 Å². The van der Waals surface area contributed by atoms with Crippen LogP contribution in [0.1, 0.15) is 29.8 Å². The summed E-state index contributed by atoms with van der Waals surface area (Å²) in [4.78, 5) is 17.8. The van der Waals surface area contributed by atoms with Gasteiger partial charge in [-0.15, -0.1) is 0 Å². The zero-order chi connectivity index (χ0) is 17.5. The maximum Gasteiger partial charge on any atom is 0.183 e. The molecule has 6 rings (SSSR count). The van der Waals surface area contributed by atoms with E-state index in [1.54, 1.807) is 0 Å². The number of benzene rings is 1. The van der Waals surface area contributed by atoms with Crippen LogP contribution < -0.4 is 4.90 Å². The van der Waals surface area contributed by atoms with Crippen molar-refractivity contribution in [2.45, 2.75) is 19.3 Å². The molecule has 4 fully saturated rings. The van der Waals surface area contributed by atoms with Crippen LogP contribution in [-0.4, -0.2) is 61.0 Å². The Morgan fingerprint density at radius 1 is 1.19 bits per heavy atom. The van der Waals surface area contributed by atoms with Crippen molar-refractivity contribution in [3.05, 3.63) is 23.9 Å². The van der Waals surface area contributed by atoms with Crippen LogP contribution in [0, 0.1) is 11.8 Å². The number of hydrogen-bond acceptors (Lipinski definition) is 6. The second-order valence-corrected chi connectivity index (χ2v) is 8.64. The molecule has 2 bridgehead atoms. The molecule has 1 aromatic carbocycles. The van der Waals surface area contributed by atoms with E-state index in [-0.39, 0.29) is 5.78 Å². The third-order valence-electron chi connectivity index (χ3n) is 6.34. The summed E-state index contributed by atoms with van der Waals surface area (Å²) in [6.45, 7) is 6.96. The Balaban J connectivity index is 1.34. The third-order valence-corrected chi connectivity index (χ3v) is 7.14. The van der Waals surface area contributed by atoms with E-state index in [4.69, 9.17) is 4.74 Å². The number of ether oxygens (including phenoxy) is 1. The molecule has 0 unspecified atom stereocenters. The van der Waals surface area contributed by atoms with Gasteiger partial charge in [0.15, 0.2) is 5.78 Å². The van der Waals surface area contributed by atoms with Crippen molar-refractivity contribution in [1.29, 1.82) is 0 Å². The SMILES string of the molecule is O=C(C[C@H]1CN2CCC1CC2)c1nsc2cc(N3CCOCC3)ccc12. The highest BCUT2D eigenvalue weighted by molar-refractivity contribution is 7.13. The van der Waals surface area contributed by atoms with Gasteiger partial charge in [-0.2, -0.15) is 4.37 Å². The molecule has 4 aliphatic heterocycles. The van der Waals surface area contributed by atoms with Crippen molar-refractivity contribution in [3.8, 4) is 0 Å². The van der Waals surface area contributed by atoms with E-state index < -0.39 is 0 Å². The van der Waals surface area contributed by atoms with E-state index in [9.17, 15) is 4.79 Å². The van der Waals surface area contributed by atoms with Gasteiger partial charge in [0.1, 0.15) is 5.69 Å². The Bertz CT molecular complexity index is 806. The minimum atomic E-state index is 0.231. The number of anilines is 1. The predicted octanol–water partition coefficient (Wildman–Crippen LogP) is 3.05. The highest BCUT2D eigenvalue weighted by Crippen LogP contribution is 2.36. The van der Waals surface area contributed by atoms with E-state index in [0.29, 0.717) is 18.0 Å². The molecular formula is C20H25N3O2S. The fourth-order valence-electron chi connectivity index (χ4n) is 4.80. The first-order valence-corrected chi connectivity index (χ1v) is 10.5. The highest BCUT2D eigenvalue weighted by atomic mass is 32.1. The Hall–Kier alpha value is -1.50. The van der Waals surface area contributed by atoms with Gasteiger partial charge in [0.25, 0.3) is 0 Å². The maximum absolute atomic E-state index is 12.9. The highest BCUT2D eigenvalue weighted by Gasteiger charge is 2.35. The fourth-order valence-corrected chi connectivity index (χ4v) is 5.63. The quantitative estimate of drug-likeness (QED) is 0.773. The number of ketones is 1. The second kappa shape index (κ2) is 6.91.